The maximum Gasteiger partial charge on any atom is 0.0187 e. The summed E-state index contributed by atoms with van der Waals surface area (Å²) in [7, 11) is 0. The molecule has 4 nitrogen and oxygen atoms in total. The monoisotopic (exact) mass is 226 g/mol. The van der Waals surface area contributed by atoms with Crippen LogP contribution in [0.2, 0.25) is 0 Å². The SMILES string of the molecule is CC(CCCC(C)S(=O)[O-])S(=O)[O-]. The van der Waals surface area contributed by atoms with Crippen LogP contribution in [0.1, 0.15) is 33.1 Å². The maximum absolute atomic E-state index is 10.4. The average Bonchev–Trinajstić information content (AvgIpc) is 2.03. The van der Waals surface area contributed by atoms with Gasteiger partial charge in [0.25, 0.3) is 0 Å². The summed E-state index contributed by atoms with van der Waals surface area (Å²) < 4.78 is 41.5. The van der Waals surface area contributed by atoms with Crippen LogP contribution in [0.5, 0.6) is 0 Å². The van der Waals surface area contributed by atoms with Crippen molar-refractivity contribution in [3.05, 3.63) is 0 Å². The Morgan fingerprint density at radius 2 is 1.31 bits per heavy atom. The molecule has 4 atom stereocenters. The van der Waals surface area contributed by atoms with Gasteiger partial charge in [0, 0.05) is 10.5 Å². The topological polar surface area (TPSA) is 80.3 Å². The van der Waals surface area contributed by atoms with E-state index in [0.717, 1.165) is 0 Å². The molecule has 4 unspecified atom stereocenters. The third kappa shape index (κ3) is 6.31. The van der Waals surface area contributed by atoms with Crippen LogP contribution in [-0.4, -0.2) is 28.0 Å². The van der Waals surface area contributed by atoms with Gasteiger partial charge in [-0.2, -0.15) is 0 Å². The highest BCUT2D eigenvalue weighted by Crippen LogP contribution is 2.09. The first-order valence-corrected chi connectivity index (χ1v) is 6.39. The van der Waals surface area contributed by atoms with Crippen molar-refractivity contribution < 1.29 is 17.5 Å². The molecule has 13 heavy (non-hydrogen) atoms. The normalized spacial score (nSPS) is 20.6. The highest BCUT2D eigenvalue weighted by Gasteiger charge is 2.05. The molecule has 80 valence electrons. The van der Waals surface area contributed by atoms with E-state index in [4.69, 9.17) is 0 Å². The lowest BCUT2D eigenvalue weighted by Gasteiger charge is -2.17. The van der Waals surface area contributed by atoms with Crippen LogP contribution in [-0.2, 0) is 22.2 Å². The molecule has 0 N–H and O–H groups in total. The van der Waals surface area contributed by atoms with Crippen LogP contribution < -0.4 is 0 Å². The summed E-state index contributed by atoms with van der Waals surface area (Å²) in [5, 5.41) is -0.764. The standard InChI is InChI=1S/C7H16O4S2/c1-6(12(8)9)4-3-5-7(2)13(10)11/h6-7H,3-5H2,1-2H3,(H,8,9)(H,10,11)/p-2. The summed E-state index contributed by atoms with van der Waals surface area (Å²) in [6, 6.07) is 0. The largest absolute Gasteiger partial charge is 0.772 e. The molecule has 0 rings (SSSR count). The molecule has 0 aliphatic carbocycles. The third-order valence-corrected chi connectivity index (χ3v) is 3.66. The lowest BCUT2D eigenvalue weighted by Crippen LogP contribution is -2.13. The molecule has 6 heteroatoms. The highest BCUT2D eigenvalue weighted by molar-refractivity contribution is 7.80. The second-order valence-corrected chi connectivity index (χ2v) is 5.72. The maximum atomic E-state index is 10.4. The Labute approximate surface area is 83.7 Å². The van der Waals surface area contributed by atoms with E-state index >= 15 is 0 Å². The molecular formula is C7H14O4S2-2. The smallest absolute Gasteiger partial charge is 0.0187 e. The Hall–Kier alpha value is 0.220. The van der Waals surface area contributed by atoms with Crippen LogP contribution >= 0.6 is 0 Å². The van der Waals surface area contributed by atoms with E-state index in [1.54, 1.807) is 13.8 Å². The summed E-state index contributed by atoms with van der Waals surface area (Å²) in [6.07, 6.45) is 1.68. The summed E-state index contributed by atoms with van der Waals surface area (Å²) >= 11 is -4.08. The molecule has 0 heterocycles. The van der Waals surface area contributed by atoms with Crippen molar-refractivity contribution in [2.24, 2.45) is 0 Å². The molecule has 0 aromatic carbocycles. The van der Waals surface area contributed by atoms with Crippen molar-refractivity contribution in [2.45, 2.75) is 43.6 Å². The van der Waals surface area contributed by atoms with E-state index in [2.05, 4.69) is 0 Å². The van der Waals surface area contributed by atoms with Crippen molar-refractivity contribution in [1.29, 1.82) is 0 Å². The summed E-state index contributed by atoms with van der Waals surface area (Å²) in [5.74, 6) is 0. The zero-order chi connectivity index (χ0) is 10.4. The van der Waals surface area contributed by atoms with Crippen LogP contribution in [0.15, 0.2) is 0 Å². The van der Waals surface area contributed by atoms with Gasteiger partial charge in [-0.15, -0.1) is 0 Å². The predicted molar refractivity (Wildman–Crippen MR) is 50.6 cm³/mol. The summed E-state index contributed by atoms with van der Waals surface area (Å²) in [5.41, 5.74) is 0. The molecule has 0 amide bonds. The second kappa shape index (κ2) is 6.64. The van der Waals surface area contributed by atoms with Gasteiger partial charge in [0.05, 0.1) is 0 Å². The van der Waals surface area contributed by atoms with Crippen molar-refractivity contribution in [2.75, 3.05) is 0 Å². The lowest BCUT2D eigenvalue weighted by atomic mass is 10.2. The van der Waals surface area contributed by atoms with Gasteiger partial charge in [0.2, 0.25) is 0 Å². The van der Waals surface area contributed by atoms with Crippen molar-refractivity contribution in [1.82, 2.24) is 0 Å². The minimum atomic E-state index is -2.04. The first-order chi connectivity index (χ1) is 5.95. The average molecular weight is 226 g/mol. The first-order valence-electron chi connectivity index (χ1n) is 4.11. The lowest BCUT2D eigenvalue weighted by molar-refractivity contribution is 0.506. The van der Waals surface area contributed by atoms with Crippen LogP contribution in [0.3, 0.4) is 0 Å². The molecule has 0 saturated heterocycles. The Bertz CT molecular complexity index is 175. The molecule has 0 saturated carbocycles. The van der Waals surface area contributed by atoms with E-state index in [-0.39, 0.29) is 10.5 Å². The Kier molecular flexibility index (Phi) is 6.75. The Morgan fingerprint density at radius 1 is 1.00 bits per heavy atom. The molecule has 0 spiro atoms. The first kappa shape index (κ1) is 13.2. The molecule has 0 aliphatic heterocycles. The highest BCUT2D eigenvalue weighted by atomic mass is 32.2. The number of rotatable bonds is 6. The number of hydrogen-bond donors (Lipinski definition) is 0. The molecule has 0 aromatic heterocycles. The fourth-order valence-corrected chi connectivity index (χ4v) is 1.60. The van der Waals surface area contributed by atoms with Crippen molar-refractivity contribution in [3.63, 3.8) is 0 Å². The molecule has 0 bridgehead atoms. The van der Waals surface area contributed by atoms with Crippen LogP contribution in [0.4, 0.5) is 0 Å². The Balaban J connectivity index is 3.56. The fourth-order valence-electron chi connectivity index (χ4n) is 0.885. The van der Waals surface area contributed by atoms with Gasteiger partial charge in [-0.1, -0.05) is 42.4 Å². The zero-order valence-corrected chi connectivity index (χ0v) is 9.36. The molecule has 0 aliphatic rings. The summed E-state index contributed by atoms with van der Waals surface area (Å²) in [6.45, 7) is 3.23. The van der Waals surface area contributed by atoms with Gasteiger partial charge in [-0.25, -0.2) is 0 Å². The van der Waals surface area contributed by atoms with Crippen molar-refractivity contribution >= 4 is 22.2 Å². The third-order valence-electron chi connectivity index (χ3n) is 1.88. The minimum Gasteiger partial charge on any atom is -0.772 e. The quantitative estimate of drug-likeness (QED) is 0.624. The predicted octanol–water partition coefficient (Wildman–Crippen LogP) is 0.692. The van der Waals surface area contributed by atoms with E-state index in [0.29, 0.717) is 19.3 Å². The van der Waals surface area contributed by atoms with Gasteiger partial charge in [-0.05, 0) is 12.8 Å². The van der Waals surface area contributed by atoms with Gasteiger partial charge in [0.15, 0.2) is 0 Å². The molecule has 0 fully saturated rings. The van der Waals surface area contributed by atoms with E-state index in [1.165, 1.54) is 0 Å². The summed E-state index contributed by atoms with van der Waals surface area (Å²) in [4.78, 5) is 0. The van der Waals surface area contributed by atoms with Crippen LogP contribution in [0.25, 0.3) is 0 Å². The fraction of sp³-hybridized carbons (Fsp3) is 1.00. The van der Waals surface area contributed by atoms with E-state index in [9.17, 15) is 17.5 Å². The van der Waals surface area contributed by atoms with Crippen molar-refractivity contribution in [3.8, 4) is 0 Å². The van der Waals surface area contributed by atoms with Gasteiger partial charge in [-0.3, -0.25) is 8.42 Å². The zero-order valence-electron chi connectivity index (χ0n) is 7.73. The van der Waals surface area contributed by atoms with E-state index in [1.807, 2.05) is 0 Å². The Morgan fingerprint density at radius 3 is 1.54 bits per heavy atom. The minimum absolute atomic E-state index is 0.382. The molecular weight excluding hydrogens is 212 g/mol. The number of hydrogen-bond acceptors (Lipinski definition) is 4. The second-order valence-electron chi connectivity index (χ2n) is 3.07. The molecule has 0 radical (unpaired) electrons. The van der Waals surface area contributed by atoms with Crippen LogP contribution in [0, 0.1) is 0 Å². The van der Waals surface area contributed by atoms with Gasteiger partial charge in [0.1, 0.15) is 0 Å². The van der Waals surface area contributed by atoms with Gasteiger partial charge < -0.3 is 9.11 Å². The molecule has 0 aromatic rings. The van der Waals surface area contributed by atoms with E-state index < -0.39 is 22.2 Å². The van der Waals surface area contributed by atoms with Gasteiger partial charge >= 0.3 is 0 Å².